The molecular formula is C13H27F3N2O. The van der Waals surface area contributed by atoms with Gasteiger partial charge in [0.2, 0.25) is 0 Å². The zero-order valence-corrected chi connectivity index (χ0v) is 12.2. The summed E-state index contributed by atoms with van der Waals surface area (Å²) >= 11 is 0. The molecule has 2 N–H and O–H groups in total. The van der Waals surface area contributed by atoms with Crippen LogP contribution >= 0.6 is 0 Å². The Kier molecular flexibility index (Phi) is 8.61. The van der Waals surface area contributed by atoms with Crippen molar-refractivity contribution < 1.29 is 18.3 Å². The second-order valence-corrected chi connectivity index (χ2v) is 5.46. The maximum atomic E-state index is 12.1. The highest BCUT2D eigenvalue weighted by Gasteiger charge is 2.29. The van der Waals surface area contributed by atoms with Crippen molar-refractivity contribution in [2.45, 2.75) is 51.2 Å². The number of alkyl halides is 3. The molecule has 116 valence electrons. The zero-order chi connectivity index (χ0) is 14.9. The summed E-state index contributed by atoms with van der Waals surface area (Å²) in [5.74, 6) is 0. The van der Waals surface area contributed by atoms with Gasteiger partial charge in [0.15, 0.2) is 0 Å². The molecule has 0 spiro atoms. The van der Waals surface area contributed by atoms with Gasteiger partial charge in [-0.15, -0.1) is 0 Å². The molecule has 0 aromatic heterocycles. The van der Waals surface area contributed by atoms with Crippen LogP contribution in [-0.4, -0.2) is 55.0 Å². The van der Waals surface area contributed by atoms with E-state index < -0.39 is 12.7 Å². The first-order valence-electron chi connectivity index (χ1n) is 6.83. The molecule has 0 amide bonds. The van der Waals surface area contributed by atoms with E-state index in [4.69, 9.17) is 0 Å². The van der Waals surface area contributed by atoms with Crippen LogP contribution in [0.3, 0.4) is 0 Å². The molecule has 0 bridgehead atoms. The average molecular weight is 284 g/mol. The number of rotatable bonds is 10. The first-order chi connectivity index (χ1) is 8.72. The molecule has 0 fully saturated rings. The third-order valence-corrected chi connectivity index (χ3v) is 3.12. The molecule has 0 aliphatic heterocycles. The molecule has 0 radical (unpaired) electrons. The van der Waals surface area contributed by atoms with E-state index in [9.17, 15) is 18.3 Å². The minimum absolute atomic E-state index is 0.0470. The Morgan fingerprint density at radius 3 is 2.32 bits per heavy atom. The monoisotopic (exact) mass is 284 g/mol. The number of nitrogens with zero attached hydrogens (tertiary/aromatic N) is 1. The van der Waals surface area contributed by atoms with Crippen LogP contribution in [0.15, 0.2) is 0 Å². The van der Waals surface area contributed by atoms with E-state index in [0.29, 0.717) is 13.0 Å². The highest BCUT2D eigenvalue weighted by molar-refractivity contribution is 4.81. The van der Waals surface area contributed by atoms with Crippen LogP contribution in [0.4, 0.5) is 13.2 Å². The molecule has 19 heavy (non-hydrogen) atoms. The molecule has 6 heteroatoms. The molecule has 0 saturated carbocycles. The van der Waals surface area contributed by atoms with Gasteiger partial charge in [-0.25, -0.2) is 0 Å². The van der Waals surface area contributed by atoms with Crippen molar-refractivity contribution in [3.8, 4) is 0 Å². The lowest BCUT2D eigenvalue weighted by molar-refractivity contribution is -0.143. The maximum absolute atomic E-state index is 12.1. The first kappa shape index (κ1) is 18.7. The Bertz CT molecular complexity index is 236. The SMILES string of the molecule is CCCNC(C)(CO)CCCCN(C)CC(F)(F)F. The maximum Gasteiger partial charge on any atom is 0.401 e. The summed E-state index contributed by atoms with van der Waals surface area (Å²) in [6.45, 7) is 4.45. The molecule has 1 atom stereocenters. The van der Waals surface area contributed by atoms with Gasteiger partial charge < -0.3 is 10.4 Å². The summed E-state index contributed by atoms with van der Waals surface area (Å²) in [4.78, 5) is 1.29. The third-order valence-electron chi connectivity index (χ3n) is 3.12. The topological polar surface area (TPSA) is 35.5 Å². The largest absolute Gasteiger partial charge is 0.401 e. The number of hydrogen-bond acceptors (Lipinski definition) is 3. The fourth-order valence-corrected chi connectivity index (χ4v) is 1.93. The van der Waals surface area contributed by atoms with Crippen LogP contribution < -0.4 is 5.32 Å². The highest BCUT2D eigenvalue weighted by atomic mass is 19.4. The summed E-state index contributed by atoms with van der Waals surface area (Å²) in [5, 5.41) is 12.6. The van der Waals surface area contributed by atoms with Gasteiger partial charge >= 0.3 is 6.18 Å². The van der Waals surface area contributed by atoms with E-state index in [2.05, 4.69) is 12.2 Å². The van der Waals surface area contributed by atoms with E-state index >= 15 is 0 Å². The predicted octanol–water partition coefficient (Wildman–Crippen LogP) is 2.40. The molecule has 3 nitrogen and oxygen atoms in total. The molecule has 0 aliphatic rings. The molecule has 0 aliphatic carbocycles. The van der Waals surface area contributed by atoms with Crippen LogP contribution in [0.2, 0.25) is 0 Å². The summed E-state index contributed by atoms with van der Waals surface area (Å²) in [7, 11) is 1.48. The van der Waals surface area contributed by atoms with Crippen LogP contribution in [0.5, 0.6) is 0 Å². The van der Waals surface area contributed by atoms with E-state index in [-0.39, 0.29) is 12.1 Å². The first-order valence-corrected chi connectivity index (χ1v) is 6.83. The van der Waals surface area contributed by atoms with Crippen molar-refractivity contribution in [2.24, 2.45) is 0 Å². The summed E-state index contributed by atoms with van der Waals surface area (Å²) in [6.07, 6.45) is -0.865. The summed E-state index contributed by atoms with van der Waals surface area (Å²) < 4.78 is 36.3. The lowest BCUT2D eigenvalue weighted by Crippen LogP contribution is -2.46. The van der Waals surface area contributed by atoms with Crippen molar-refractivity contribution in [3.63, 3.8) is 0 Å². The van der Waals surface area contributed by atoms with Gasteiger partial charge in [0.25, 0.3) is 0 Å². The standard InChI is InChI=1S/C13H27F3N2O/c1-4-8-17-12(2,11-19)7-5-6-9-18(3)10-13(14,15)16/h17,19H,4-11H2,1-3H3. The molecule has 1 unspecified atom stereocenters. The van der Waals surface area contributed by atoms with Gasteiger partial charge in [-0.05, 0) is 46.3 Å². The van der Waals surface area contributed by atoms with Gasteiger partial charge in [-0.2, -0.15) is 13.2 Å². The van der Waals surface area contributed by atoms with E-state index in [1.165, 1.54) is 11.9 Å². The third kappa shape index (κ3) is 10.2. The van der Waals surface area contributed by atoms with Crippen LogP contribution in [0, 0.1) is 0 Å². The van der Waals surface area contributed by atoms with Crippen molar-refractivity contribution in [1.82, 2.24) is 10.2 Å². The second kappa shape index (κ2) is 8.76. The average Bonchev–Trinajstić information content (AvgIpc) is 2.30. The van der Waals surface area contributed by atoms with Crippen molar-refractivity contribution in [3.05, 3.63) is 0 Å². The Balaban J connectivity index is 3.82. The van der Waals surface area contributed by atoms with Gasteiger partial charge in [-0.3, -0.25) is 4.90 Å². The highest BCUT2D eigenvalue weighted by Crippen LogP contribution is 2.17. The van der Waals surface area contributed by atoms with E-state index in [0.717, 1.165) is 25.8 Å². The minimum Gasteiger partial charge on any atom is -0.394 e. The van der Waals surface area contributed by atoms with Crippen LogP contribution in [0.25, 0.3) is 0 Å². The number of aliphatic hydroxyl groups excluding tert-OH is 1. The lowest BCUT2D eigenvalue weighted by Gasteiger charge is -2.29. The number of unbranched alkanes of at least 4 members (excludes halogenated alkanes) is 1. The van der Waals surface area contributed by atoms with E-state index in [1.54, 1.807) is 0 Å². The van der Waals surface area contributed by atoms with Crippen molar-refractivity contribution >= 4 is 0 Å². The van der Waals surface area contributed by atoms with Crippen LogP contribution in [-0.2, 0) is 0 Å². The number of aliphatic hydroxyl groups is 1. The number of nitrogens with one attached hydrogen (secondary N) is 1. The van der Waals surface area contributed by atoms with Crippen molar-refractivity contribution in [1.29, 1.82) is 0 Å². The molecule has 0 aromatic rings. The predicted molar refractivity (Wildman–Crippen MR) is 71.2 cm³/mol. The quantitative estimate of drug-likeness (QED) is 0.605. The smallest absolute Gasteiger partial charge is 0.394 e. The fraction of sp³-hybridized carbons (Fsp3) is 1.00. The van der Waals surface area contributed by atoms with E-state index in [1.807, 2.05) is 6.92 Å². The number of halogens is 3. The van der Waals surface area contributed by atoms with Gasteiger partial charge in [-0.1, -0.05) is 13.3 Å². The molecular weight excluding hydrogens is 257 g/mol. The molecule has 0 rings (SSSR count). The van der Waals surface area contributed by atoms with Crippen molar-refractivity contribution in [2.75, 3.05) is 33.3 Å². The van der Waals surface area contributed by atoms with Crippen LogP contribution in [0.1, 0.15) is 39.5 Å². The van der Waals surface area contributed by atoms with Gasteiger partial charge in [0.1, 0.15) is 0 Å². The van der Waals surface area contributed by atoms with Gasteiger partial charge in [0, 0.05) is 5.54 Å². The zero-order valence-electron chi connectivity index (χ0n) is 12.2. The number of hydrogen-bond donors (Lipinski definition) is 2. The minimum atomic E-state index is -4.13. The molecule has 0 saturated heterocycles. The Hall–Kier alpha value is -0.330. The molecule has 0 aromatic carbocycles. The Labute approximate surface area is 114 Å². The lowest BCUT2D eigenvalue weighted by atomic mass is 9.95. The normalized spacial score (nSPS) is 15.8. The molecule has 0 heterocycles. The summed E-state index contributed by atoms with van der Waals surface area (Å²) in [5.41, 5.74) is -0.321. The second-order valence-electron chi connectivity index (χ2n) is 5.46. The Morgan fingerprint density at radius 1 is 1.21 bits per heavy atom. The van der Waals surface area contributed by atoms with Gasteiger partial charge in [0.05, 0.1) is 13.2 Å². The summed E-state index contributed by atoms with van der Waals surface area (Å²) in [6, 6.07) is 0. The fourth-order valence-electron chi connectivity index (χ4n) is 1.93. The Morgan fingerprint density at radius 2 is 1.84 bits per heavy atom.